The maximum Gasteiger partial charge on any atom is 0.273 e. The molecule has 4 rings (SSSR count). The second kappa shape index (κ2) is 9.78. The minimum atomic E-state index is -0.370. The predicted octanol–water partition coefficient (Wildman–Crippen LogP) is 2.31. The van der Waals surface area contributed by atoms with Gasteiger partial charge in [0, 0.05) is 24.3 Å². The zero-order valence-corrected chi connectivity index (χ0v) is 18.8. The van der Waals surface area contributed by atoms with Gasteiger partial charge in [-0.3, -0.25) is 9.78 Å². The van der Waals surface area contributed by atoms with Crippen molar-refractivity contribution in [2.45, 2.75) is 32.2 Å². The third kappa shape index (κ3) is 4.70. The number of likely N-dealkylation sites (N-methyl/N-ethyl adjacent to an activating group) is 1. The Morgan fingerprint density at radius 1 is 1.30 bits per heavy atom. The summed E-state index contributed by atoms with van der Waals surface area (Å²) >= 11 is 0. The number of hydrogen-bond donors (Lipinski definition) is 3. The highest BCUT2D eigenvalue weighted by Gasteiger charge is 2.25. The van der Waals surface area contributed by atoms with Crippen LogP contribution >= 0.6 is 0 Å². The number of pyridine rings is 1. The number of nitrogens with two attached hydrogens (primary N) is 2. The monoisotopic (exact) mass is 448 g/mol. The molecule has 10 nitrogen and oxygen atoms in total. The Bertz CT molecular complexity index is 1160. The Balaban J connectivity index is 1.73. The number of carbonyl (C=O) groups is 1. The molecule has 1 amide bonds. The Morgan fingerprint density at radius 3 is 2.82 bits per heavy atom. The third-order valence-electron chi connectivity index (χ3n) is 5.89. The molecule has 1 aliphatic heterocycles. The summed E-state index contributed by atoms with van der Waals surface area (Å²) in [5.41, 5.74) is 15.0. The minimum absolute atomic E-state index is 0.00890. The Kier molecular flexibility index (Phi) is 6.64. The maximum atomic E-state index is 13.0. The number of nitrogen functional groups attached to an aromatic ring is 1. The highest BCUT2D eigenvalue weighted by molar-refractivity contribution is 5.97. The number of oxazole rings is 1. The molecule has 0 saturated carbocycles. The van der Waals surface area contributed by atoms with Crippen molar-refractivity contribution in [2.75, 3.05) is 25.9 Å². The van der Waals surface area contributed by atoms with Crippen LogP contribution in [0.4, 0.5) is 5.82 Å². The zero-order chi connectivity index (χ0) is 23.4. The van der Waals surface area contributed by atoms with E-state index in [-0.39, 0.29) is 23.3 Å². The molecule has 0 bridgehead atoms. The van der Waals surface area contributed by atoms with Gasteiger partial charge in [0.25, 0.3) is 5.91 Å². The van der Waals surface area contributed by atoms with E-state index in [2.05, 4.69) is 37.2 Å². The number of likely N-dealkylation sites (tertiary alicyclic amines) is 1. The molecule has 4 heterocycles. The first-order chi connectivity index (χ1) is 16.0. The molecular formula is C23H28N8O2. The van der Waals surface area contributed by atoms with Crippen LogP contribution in [0.1, 0.15) is 42.4 Å². The molecule has 10 heteroatoms. The van der Waals surface area contributed by atoms with Crippen LogP contribution in [0.2, 0.25) is 0 Å². The van der Waals surface area contributed by atoms with Gasteiger partial charge in [-0.1, -0.05) is 6.92 Å². The van der Waals surface area contributed by atoms with Gasteiger partial charge in [0.15, 0.2) is 17.2 Å². The molecule has 0 radical (unpaired) electrons. The van der Waals surface area contributed by atoms with Gasteiger partial charge in [-0.2, -0.15) is 0 Å². The van der Waals surface area contributed by atoms with E-state index in [1.54, 1.807) is 12.3 Å². The Hall–Kier alpha value is -3.79. The SMILES string of the molecule is CCC(=CN)c1cc(-c2nc(C(=O)NCC3CCCN3C)c(N)nc2-c2ncco2)ccn1. The maximum absolute atomic E-state index is 13.0. The van der Waals surface area contributed by atoms with E-state index in [9.17, 15) is 4.79 Å². The van der Waals surface area contributed by atoms with Crippen molar-refractivity contribution in [1.29, 1.82) is 0 Å². The van der Waals surface area contributed by atoms with Crippen LogP contribution in [0.15, 0.2) is 41.4 Å². The Morgan fingerprint density at radius 2 is 2.15 bits per heavy atom. The van der Waals surface area contributed by atoms with Crippen LogP contribution in [-0.2, 0) is 0 Å². The van der Waals surface area contributed by atoms with Crippen LogP contribution in [-0.4, -0.2) is 56.9 Å². The molecule has 33 heavy (non-hydrogen) atoms. The number of nitrogens with one attached hydrogen (secondary N) is 1. The van der Waals surface area contributed by atoms with Gasteiger partial charge in [0.2, 0.25) is 5.89 Å². The molecule has 1 atom stereocenters. The van der Waals surface area contributed by atoms with Gasteiger partial charge < -0.3 is 26.1 Å². The molecule has 1 saturated heterocycles. The first kappa shape index (κ1) is 22.4. The predicted molar refractivity (Wildman–Crippen MR) is 126 cm³/mol. The van der Waals surface area contributed by atoms with E-state index in [1.165, 1.54) is 18.7 Å². The second-order valence-corrected chi connectivity index (χ2v) is 7.95. The molecule has 0 aliphatic carbocycles. The number of amides is 1. The normalized spacial score (nSPS) is 16.8. The summed E-state index contributed by atoms with van der Waals surface area (Å²) < 4.78 is 5.46. The average Bonchev–Trinajstić information content (AvgIpc) is 3.50. The summed E-state index contributed by atoms with van der Waals surface area (Å²) in [4.78, 5) is 32.9. The third-order valence-corrected chi connectivity index (χ3v) is 5.89. The van der Waals surface area contributed by atoms with Crippen molar-refractivity contribution >= 4 is 17.3 Å². The molecule has 0 spiro atoms. The van der Waals surface area contributed by atoms with E-state index in [4.69, 9.17) is 15.9 Å². The van der Waals surface area contributed by atoms with E-state index >= 15 is 0 Å². The standard InChI is InChI=1S/C23H28N8O2/c1-3-14(12-24)17-11-15(6-7-26-17)18-19(23-27-8-10-33-23)30-21(25)20(29-18)22(32)28-13-16-5-4-9-31(16)2/h6-8,10-12,16H,3-5,9,13,24H2,1-2H3,(H2,25,30)(H,28,32). The van der Waals surface area contributed by atoms with Gasteiger partial charge in [0.05, 0.1) is 11.9 Å². The van der Waals surface area contributed by atoms with Gasteiger partial charge in [0.1, 0.15) is 12.0 Å². The van der Waals surface area contributed by atoms with Crippen LogP contribution in [0.3, 0.4) is 0 Å². The average molecular weight is 449 g/mol. The molecule has 3 aromatic rings. The lowest BCUT2D eigenvalue weighted by Crippen LogP contribution is -2.38. The summed E-state index contributed by atoms with van der Waals surface area (Å²) in [7, 11) is 2.06. The van der Waals surface area contributed by atoms with Gasteiger partial charge >= 0.3 is 0 Å². The van der Waals surface area contributed by atoms with Crippen LogP contribution in [0, 0.1) is 0 Å². The smallest absolute Gasteiger partial charge is 0.273 e. The number of nitrogens with zero attached hydrogens (tertiary/aromatic N) is 5. The molecule has 1 unspecified atom stereocenters. The molecule has 1 fully saturated rings. The van der Waals surface area contributed by atoms with Crippen molar-refractivity contribution < 1.29 is 9.21 Å². The molecule has 5 N–H and O–H groups in total. The van der Waals surface area contributed by atoms with Gasteiger partial charge in [-0.25, -0.2) is 15.0 Å². The quantitative estimate of drug-likeness (QED) is 0.495. The number of rotatable bonds is 7. The lowest BCUT2D eigenvalue weighted by Gasteiger charge is -2.19. The van der Waals surface area contributed by atoms with Gasteiger partial charge in [-0.05, 0) is 56.8 Å². The minimum Gasteiger partial charge on any atom is -0.443 e. The topological polar surface area (TPSA) is 149 Å². The summed E-state index contributed by atoms with van der Waals surface area (Å²) in [5.74, 6) is -0.104. The summed E-state index contributed by atoms with van der Waals surface area (Å²) in [6.07, 6.45) is 9.04. The summed E-state index contributed by atoms with van der Waals surface area (Å²) in [5, 5.41) is 2.95. The summed E-state index contributed by atoms with van der Waals surface area (Å²) in [6.45, 7) is 3.55. The number of anilines is 1. The van der Waals surface area contributed by atoms with E-state index in [0.717, 1.165) is 31.4 Å². The van der Waals surface area contributed by atoms with Crippen molar-refractivity contribution in [2.24, 2.45) is 5.73 Å². The van der Waals surface area contributed by atoms with Crippen molar-refractivity contribution in [3.05, 3.63) is 48.4 Å². The van der Waals surface area contributed by atoms with E-state index < -0.39 is 0 Å². The fourth-order valence-electron chi connectivity index (χ4n) is 3.98. The zero-order valence-electron chi connectivity index (χ0n) is 18.8. The van der Waals surface area contributed by atoms with Gasteiger partial charge in [-0.15, -0.1) is 0 Å². The molecule has 3 aromatic heterocycles. The number of hydrogen-bond acceptors (Lipinski definition) is 9. The molecular weight excluding hydrogens is 420 g/mol. The van der Waals surface area contributed by atoms with Crippen molar-refractivity contribution in [1.82, 2.24) is 30.2 Å². The number of aromatic nitrogens is 4. The lowest BCUT2D eigenvalue weighted by molar-refractivity contribution is 0.0939. The van der Waals surface area contributed by atoms with Crippen molar-refractivity contribution in [3.8, 4) is 22.8 Å². The molecule has 172 valence electrons. The molecule has 0 aromatic carbocycles. The van der Waals surface area contributed by atoms with E-state index in [1.807, 2.05) is 13.0 Å². The highest BCUT2D eigenvalue weighted by atomic mass is 16.3. The number of allylic oxidation sites excluding steroid dienone is 1. The number of carbonyl (C=O) groups excluding carboxylic acids is 1. The lowest BCUT2D eigenvalue weighted by atomic mass is 10.0. The van der Waals surface area contributed by atoms with Crippen LogP contribution in [0.5, 0.6) is 0 Å². The fraction of sp³-hybridized carbons (Fsp3) is 0.348. The first-order valence-corrected chi connectivity index (χ1v) is 10.9. The molecule has 1 aliphatic rings. The Labute approximate surface area is 192 Å². The second-order valence-electron chi connectivity index (χ2n) is 7.95. The first-order valence-electron chi connectivity index (χ1n) is 10.9. The van der Waals surface area contributed by atoms with Crippen molar-refractivity contribution in [3.63, 3.8) is 0 Å². The van der Waals surface area contributed by atoms with Crippen LogP contribution in [0.25, 0.3) is 28.4 Å². The fourth-order valence-corrected chi connectivity index (χ4v) is 3.98. The highest BCUT2D eigenvalue weighted by Crippen LogP contribution is 2.31. The van der Waals surface area contributed by atoms with E-state index in [0.29, 0.717) is 35.2 Å². The largest absolute Gasteiger partial charge is 0.443 e. The van der Waals surface area contributed by atoms with Crippen LogP contribution < -0.4 is 16.8 Å². The summed E-state index contributed by atoms with van der Waals surface area (Å²) in [6, 6.07) is 3.94.